The predicted octanol–water partition coefficient (Wildman–Crippen LogP) is 2.96. The fourth-order valence-corrected chi connectivity index (χ4v) is 1.46. The Morgan fingerprint density at radius 2 is 2.20 bits per heavy atom. The van der Waals surface area contributed by atoms with Gasteiger partial charge < -0.3 is 10.1 Å². The number of pyridine rings is 1. The molecule has 0 bridgehead atoms. The molecule has 0 N–H and O–H groups in total. The van der Waals surface area contributed by atoms with Crippen LogP contribution in [0.5, 0.6) is 0 Å². The molecule has 0 aliphatic heterocycles. The van der Waals surface area contributed by atoms with Crippen molar-refractivity contribution in [3.8, 4) is 0 Å². The molecule has 0 aliphatic carbocycles. The highest BCUT2D eigenvalue weighted by Gasteiger charge is 2.26. The second-order valence-electron chi connectivity index (χ2n) is 2.54. The van der Waals surface area contributed by atoms with Crippen LogP contribution in [0.1, 0.15) is 17.6 Å². The van der Waals surface area contributed by atoms with Crippen LogP contribution in [-0.4, -0.2) is 9.91 Å². The highest BCUT2D eigenvalue weighted by molar-refractivity contribution is 9.08. The first-order valence-electron chi connectivity index (χ1n) is 3.65. The van der Waals surface area contributed by atoms with Crippen molar-refractivity contribution in [3.05, 3.63) is 33.3 Å². The van der Waals surface area contributed by atoms with E-state index in [1.54, 1.807) is 0 Å². The van der Waals surface area contributed by atoms with Crippen molar-refractivity contribution in [1.29, 1.82) is 0 Å². The van der Waals surface area contributed by atoms with E-state index in [1.165, 1.54) is 0 Å². The first-order chi connectivity index (χ1) is 6.97. The second-order valence-corrected chi connectivity index (χ2v) is 3.10. The Kier molecular flexibility index (Phi) is 3.61. The fourth-order valence-electron chi connectivity index (χ4n) is 0.993. The third-order valence-corrected chi connectivity index (χ3v) is 2.24. The molecular formula is C7H4BrF3N2O2. The average Bonchev–Trinajstić information content (AvgIpc) is 2.15. The maximum absolute atomic E-state index is 13.0. The minimum Gasteiger partial charge on any atom is -0.358 e. The molecule has 0 amide bonds. The normalized spacial score (nSPS) is 10.7. The number of halogens is 4. The minimum absolute atomic E-state index is 0.104. The molecule has 0 spiro atoms. The molecule has 0 saturated carbocycles. The lowest BCUT2D eigenvalue weighted by molar-refractivity contribution is -0.390. The van der Waals surface area contributed by atoms with E-state index in [-0.39, 0.29) is 10.9 Å². The summed E-state index contributed by atoms with van der Waals surface area (Å²) in [7, 11) is 0. The van der Waals surface area contributed by atoms with Crippen LogP contribution in [0, 0.1) is 16.1 Å². The zero-order valence-corrected chi connectivity index (χ0v) is 8.67. The summed E-state index contributed by atoms with van der Waals surface area (Å²) in [6.45, 7) is 0. The molecule has 0 atom stereocenters. The van der Waals surface area contributed by atoms with Gasteiger partial charge in [0.2, 0.25) is 0 Å². The third kappa shape index (κ3) is 2.44. The van der Waals surface area contributed by atoms with Crippen molar-refractivity contribution in [2.45, 2.75) is 11.8 Å². The van der Waals surface area contributed by atoms with E-state index in [1.807, 2.05) is 0 Å². The van der Waals surface area contributed by atoms with Crippen LogP contribution in [0.2, 0.25) is 0 Å². The molecule has 1 heterocycles. The molecule has 0 aromatic carbocycles. The zero-order chi connectivity index (χ0) is 11.6. The van der Waals surface area contributed by atoms with Crippen molar-refractivity contribution in [2.75, 3.05) is 0 Å². The molecule has 0 radical (unpaired) electrons. The molecule has 82 valence electrons. The van der Waals surface area contributed by atoms with Crippen LogP contribution in [0.15, 0.2) is 6.07 Å². The van der Waals surface area contributed by atoms with E-state index in [0.717, 1.165) is 6.07 Å². The summed E-state index contributed by atoms with van der Waals surface area (Å²) >= 11 is 2.84. The zero-order valence-electron chi connectivity index (χ0n) is 7.08. The van der Waals surface area contributed by atoms with Crippen LogP contribution in [-0.2, 0) is 5.33 Å². The van der Waals surface area contributed by atoms with Crippen LogP contribution >= 0.6 is 15.9 Å². The lowest BCUT2D eigenvalue weighted by Gasteiger charge is -2.04. The van der Waals surface area contributed by atoms with Gasteiger partial charge in [0.05, 0.1) is 0 Å². The Morgan fingerprint density at radius 1 is 1.60 bits per heavy atom. The number of rotatable bonds is 3. The third-order valence-electron chi connectivity index (χ3n) is 1.63. The van der Waals surface area contributed by atoms with Crippen molar-refractivity contribution in [2.24, 2.45) is 0 Å². The minimum atomic E-state index is -3.05. The molecule has 0 aliphatic rings. The summed E-state index contributed by atoms with van der Waals surface area (Å²) in [6.07, 6.45) is -3.05. The summed E-state index contributed by atoms with van der Waals surface area (Å²) < 4.78 is 37.7. The largest absolute Gasteiger partial charge is 0.367 e. The van der Waals surface area contributed by atoms with Gasteiger partial charge in [0.25, 0.3) is 6.43 Å². The molecule has 8 heteroatoms. The Labute approximate surface area is 90.4 Å². The molecule has 4 nitrogen and oxygen atoms in total. The van der Waals surface area contributed by atoms with Gasteiger partial charge in [-0.2, -0.15) is 4.39 Å². The predicted molar refractivity (Wildman–Crippen MR) is 48.4 cm³/mol. The Hall–Kier alpha value is -1.18. The van der Waals surface area contributed by atoms with Gasteiger partial charge in [0.1, 0.15) is 5.56 Å². The van der Waals surface area contributed by atoms with Gasteiger partial charge in [-0.05, 0) is 15.5 Å². The van der Waals surface area contributed by atoms with E-state index < -0.39 is 28.7 Å². The Balaban J connectivity index is 3.37. The first kappa shape index (κ1) is 11.9. The quantitative estimate of drug-likeness (QED) is 0.371. The Bertz CT molecular complexity index is 400. The van der Waals surface area contributed by atoms with Gasteiger partial charge in [-0.25, -0.2) is 8.78 Å². The summed E-state index contributed by atoms with van der Waals surface area (Å²) in [5.41, 5.74) is -1.08. The molecular weight excluding hydrogens is 281 g/mol. The maximum atomic E-state index is 13.0. The van der Waals surface area contributed by atoms with Crippen LogP contribution in [0.4, 0.5) is 19.0 Å². The topological polar surface area (TPSA) is 56.0 Å². The van der Waals surface area contributed by atoms with Gasteiger partial charge in [-0.3, -0.25) is 0 Å². The molecule has 1 rings (SSSR count). The smallest absolute Gasteiger partial charge is 0.358 e. The number of hydrogen-bond donors (Lipinski definition) is 0. The second kappa shape index (κ2) is 4.56. The van der Waals surface area contributed by atoms with Gasteiger partial charge in [0.15, 0.2) is 0 Å². The van der Waals surface area contributed by atoms with E-state index in [4.69, 9.17) is 0 Å². The number of alkyl halides is 3. The molecule has 0 fully saturated rings. The van der Waals surface area contributed by atoms with E-state index in [2.05, 4.69) is 20.9 Å². The SMILES string of the molecule is O=[N+]([O-])c1cc(CBr)c(C(F)F)c(F)n1. The summed E-state index contributed by atoms with van der Waals surface area (Å²) in [4.78, 5) is 12.2. The molecule has 0 unspecified atom stereocenters. The maximum Gasteiger partial charge on any atom is 0.367 e. The van der Waals surface area contributed by atoms with Crippen molar-refractivity contribution >= 4 is 21.7 Å². The van der Waals surface area contributed by atoms with Gasteiger partial charge in [-0.15, -0.1) is 0 Å². The van der Waals surface area contributed by atoms with Crippen molar-refractivity contribution in [1.82, 2.24) is 4.98 Å². The highest BCUT2D eigenvalue weighted by atomic mass is 79.9. The fraction of sp³-hybridized carbons (Fsp3) is 0.286. The average molecular weight is 285 g/mol. The number of nitro groups is 1. The standard InChI is InChI=1S/C7H4BrF3N2O2/c8-2-3-1-4(13(14)15)12-7(11)5(3)6(9)10/h1,6H,2H2. The van der Waals surface area contributed by atoms with Crippen LogP contribution in [0.25, 0.3) is 0 Å². The molecule has 1 aromatic heterocycles. The van der Waals surface area contributed by atoms with Gasteiger partial charge in [-0.1, -0.05) is 15.9 Å². The number of hydrogen-bond acceptors (Lipinski definition) is 3. The summed E-state index contributed by atoms with van der Waals surface area (Å²) in [5, 5.41) is 10.2. The molecule has 0 saturated heterocycles. The van der Waals surface area contributed by atoms with Gasteiger partial charge >= 0.3 is 11.8 Å². The first-order valence-corrected chi connectivity index (χ1v) is 4.77. The van der Waals surface area contributed by atoms with E-state index in [9.17, 15) is 23.3 Å². The van der Waals surface area contributed by atoms with Crippen LogP contribution < -0.4 is 0 Å². The van der Waals surface area contributed by atoms with Crippen LogP contribution in [0.3, 0.4) is 0 Å². The summed E-state index contributed by atoms with van der Waals surface area (Å²) in [6, 6.07) is 0.819. The highest BCUT2D eigenvalue weighted by Crippen LogP contribution is 2.28. The monoisotopic (exact) mass is 284 g/mol. The number of nitrogens with zero attached hydrogens (tertiary/aromatic N) is 2. The molecule has 15 heavy (non-hydrogen) atoms. The van der Waals surface area contributed by atoms with E-state index in [0.29, 0.717) is 0 Å². The van der Waals surface area contributed by atoms with E-state index >= 15 is 0 Å². The van der Waals surface area contributed by atoms with Crippen molar-refractivity contribution in [3.63, 3.8) is 0 Å². The molecule has 1 aromatic rings. The van der Waals surface area contributed by atoms with Crippen molar-refractivity contribution < 1.29 is 18.1 Å². The summed E-state index contributed by atoms with van der Waals surface area (Å²) in [5.74, 6) is -2.29. The van der Waals surface area contributed by atoms with Gasteiger partial charge in [0, 0.05) is 11.4 Å². The Morgan fingerprint density at radius 3 is 2.60 bits per heavy atom. The lowest BCUT2D eigenvalue weighted by Crippen LogP contribution is -2.03. The lowest BCUT2D eigenvalue weighted by atomic mass is 10.1. The number of aromatic nitrogens is 1.